The zero-order valence-electron chi connectivity index (χ0n) is 11.6. The normalized spacial score (nSPS) is 26.3. The lowest BCUT2D eigenvalue weighted by molar-refractivity contribution is -0.0507. The van der Waals surface area contributed by atoms with Gasteiger partial charge in [-0.1, -0.05) is 0 Å². The number of rotatable bonds is 8. The number of piperidine rings is 1. The van der Waals surface area contributed by atoms with Gasteiger partial charge in [-0.2, -0.15) is 0 Å². The monoisotopic (exact) mass is 244 g/mol. The summed E-state index contributed by atoms with van der Waals surface area (Å²) in [5.74, 6) is 0. The van der Waals surface area contributed by atoms with Gasteiger partial charge in [0.15, 0.2) is 0 Å². The molecule has 1 aliphatic heterocycles. The molecule has 1 aliphatic rings. The summed E-state index contributed by atoms with van der Waals surface area (Å²) in [5, 5.41) is 3.38. The summed E-state index contributed by atoms with van der Waals surface area (Å²) in [4.78, 5) is 2.52. The molecule has 0 aliphatic carbocycles. The number of likely N-dealkylation sites (tertiary alicyclic amines) is 1. The molecule has 0 radical (unpaired) electrons. The Morgan fingerprint density at radius 1 is 1.29 bits per heavy atom. The van der Waals surface area contributed by atoms with Gasteiger partial charge in [0.2, 0.25) is 0 Å². The van der Waals surface area contributed by atoms with Crippen LogP contribution in [0.3, 0.4) is 0 Å². The van der Waals surface area contributed by atoms with Crippen LogP contribution < -0.4 is 5.32 Å². The summed E-state index contributed by atoms with van der Waals surface area (Å²) in [6.07, 6.45) is 3.64. The van der Waals surface area contributed by atoms with Gasteiger partial charge in [0, 0.05) is 27.3 Å². The highest BCUT2D eigenvalue weighted by Gasteiger charge is 2.30. The van der Waals surface area contributed by atoms with Crippen molar-refractivity contribution in [3.63, 3.8) is 0 Å². The minimum Gasteiger partial charge on any atom is -0.383 e. The highest BCUT2D eigenvalue weighted by molar-refractivity contribution is 4.84. The van der Waals surface area contributed by atoms with Gasteiger partial charge in [-0.25, -0.2) is 0 Å². The lowest BCUT2D eigenvalue weighted by Gasteiger charge is -2.39. The molecule has 4 heteroatoms. The molecule has 1 heterocycles. The van der Waals surface area contributed by atoms with Crippen LogP contribution in [0.4, 0.5) is 0 Å². The molecule has 0 saturated carbocycles. The van der Waals surface area contributed by atoms with Crippen molar-refractivity contribution < 1.29 is 9.47 Å². The van der Waals surface area contributed by atoms with Crippen LogP contribution in [-0.4, -0.2) is 64.1 Å². The molecular weight excluding hydrogens is 216 g/mol. The van der Waals surface area contributed by atoms with Crippen LogP contribution in [0.1, 0.15) is 26.2 Å². The molecule has 1 fully saturated rings. The number of methoxy groups -OCH3 is 2. The fourth-order valence-electron chi connectivity index (χ4n) is 2.39. The number of nitrogens with one attached hydrogen (secondary N) is 1. The third-order valence-electron chi connectivity index (χ3n) is 3.54. The van der Waals surface area contributed by atoms with E-state index in [1.54, 1.807) is 7.11 Å². The lowest BCUT2D eigenvalue weighted by atomic mass is 9.95. The van der Waals surface area contributed by atoms with Crippen molar-refractivity contribution in [3.05, 3.63) is 0 Å². The van der Waals surface area contributed by atoms with Crippen molar-refractivity contribution in [1.82, 2.24) is 10.2 Å². The topological polar surface area (TPSA) is 33.7 Å². The SMILES string of the molecule is COCCNCCCN1CCCC(C)(OC)C1. The third kappa shape index (κ3) is 5.82. The number of ether oxygens (including phenoxy) is 2. The lowest BCUT2D eigenvalue weighted by Crippen LogP contribution is -2.47. The Balaban J connectivity index is 2.06. The van der Waals surface area contributed by atoms with E-state index < -0.39 is 0 Å². The molecule has 4 nitrogen and oxygen atoms in total. The van der Waals surface area contributed by atoms with Crippen LogP contribution in [0.5, 0.6) is 0 Å². The molecule has 102 valence electrons. The molecule has 0 aromatic rings. The third-order valence-corrected chi connectivity index (χ3v) is 3.54. The van der Waals surface area contributed by atoms with Gasteiger partial charge in [-0.05, 0) is 45.8 Å². The Morgan fingerprint density at radius 3 is 2.82 bits per heavy atom. The number of hydrogen-bond donors (Lipinski definition) is 1. The minimum absolute atomic E-state index is 0.0712. The van der Waals surface area contributed by atoms with Crippen molar-refractivity contribution in [3.8, 4) is 0 Å². The van der Waals surface area contributed by atoms with E-state index in [4.69, 9.17) is 9.47 Å². The van der Waals surface area contributed by atoms with Gasteiger partial charge < -0.3 is 19.7 Å². The molecule has 1 unspecified atom stereocenters. The van der Waals surface area contributed by atoms with Crippen molar-refractivity contribution in [2.75, 3.05) is 53.6 Å². The highest BCUT2D eigenvalue weighted by atomic mass is 16.5. The maximum Gasteiger partial charge on any atom is 0.0777 e. The Kier molecular flexibility index (Phi) is 7.04. The van der Waals surface area contributed by atoms with Crippen molar-refractivity contribution in [2.45, 2.75) is 31.8 Å². The largest absolute Gasteiger partial charge is 0.383 e. The Morgan fingerprint density at radius 2 is 2.12 bits per heavy atom. The average molecular weight is 244 g/mol. The van der Waals surface area contributed by atoms with Gasteiger partial charge in [0.25, 0.3) is 0 Å². The second-order valence-corrected chi connectivity index (χ2v) is 5.13. The van der Waals surface area contributed by atoms with Gasteiger partial charge >= 0.3 is 0 Å². The van der Waals surface area contributed by atoms with E-state index in [0.717, 1.165) is 26.2 Å². The van der Waals surface area contributed by atoms with Crippen LogP contribution in [0.25, 0.3) is 0 Å². The first-order valence-corrected chi connectivity index (χ1v) is 6.67. The number of nitrogens with zero attached hydrogens (tertiary/aromatic N) is 1. The van der Waals surface area contributed by atoms with Crippen molar-refractivity contribution in [1.29, 1.82) is 0 Å². The summed E-state index contributed by atoms with van der Waals surface area (Å²) < 4.78 is 10.6. The van der Waals surface area contributed by atoms with E-state index >= 15 is 0 Å². The van der Waals surface area contributed by atoms with Gasteiger partial charge in [0.05, 0.1) is 12.2 Å². The molecule has 17 heavy (non-hydrogen) atoms. The van der Waals surface area contributed by atoms with Crippen molar-refractivity contribution in [2.24, 2.45) is 0 Å². The maximum atomic E-state index is 5.59. The van der Waals surface area contributed by atoms with Crippen molar-refractivity contribution >= 4 is 0 Å². The Hall–Kier alpha value is -0.160. The first kappa shape index (κ1) is 14.9. The molecule has 0 aromatic heterocycles. The minimum atomic E-state index is 0.0712. The molecule has 0 spiro atoms. The van der Waals surface area contributed by atoms with E-state index in [1.165, 1.54) is 32.4 Å². The quantitative estimate of drug-likeness (QED) is 0.649. The molecule has 1 saturated heterocycles. The molecular formula is C13H28N2O2. The van der Waals surface area contributed by atoms with Crippen LogP contribution in [0.15, 0.2) is 0 Å². The predicted octanol–water partition coefficient (Wildman–Crippen LogP) is 1.11. The van der Waals surface area contributed by atoms with Gasteiger partial charge in [-0.15, -0.1) is 0 Å². The first-order valence-electron chi connectivity index (χ1n) is 6.67. The van der Waals surface area contributed by atoms with Crippen LogP contribution in [0, 0.1) is 0 Å². The fraction of sp³-hybridized carbons (Fsp3) is 1.00. The standard InChI is InChI=1S/C13H28N2O2/c1-13(17-3)6-4-9-15(12-13)10-5-7-14-8-11-16-2/h14H,4-12H2,1-3H3. The molecule has 1 rings (SSSR count). The van der Waals surface area contributed by atoms with E-state index in [9.17, 15) is 0 Å². The number of hydrogen-bond acceptors (Lipinski definition) is 4. The van der Waals surface area contributed by atoms with E-state index in [1.807, 2.05) is 7.11 Å². The van der Waals surface area contributed by atoms with Crippen LogP contribution in [0.2, 0.25) is 0 Å². The second-order valence-electron chi connectivity index (χ2n) is 5.13. The summed E-state index contributed by atoms with van der Waals surface area (Å²) >= 11 is 0. The smallest absolute Gasteiger partial charge is 0.0777 e. The van der Waals surface area contributed by atoms with Gasteiger partial charge in [-0.3, -0.25) is 0 Å². The van der Waals surface area contributed by atoms with E-state index in [2.05, 4.69) is 17.1 Å². The summed E-state index contributed by atoms with van der Waals surface area (Å²) in [7, 11) is 3.57. The maximum absolute atomic E-state index is 5.59. The van der Waals surface area contributed by atoms with Crippen LogP contribution in [-0.2, 0) is 9.47 Å². The molecule has 1 atom stereocenters. The zero-order valence-corrected chi connectivity index (χ0v) is 11.6. The molecule has 1 N–H and O–H groups in total. The Bertz CT molecular complexity index is 202. The molecule has 0 amide bonds. The fourth-order valence-corrected chi connectivity index (χ4v) is 2.39. The molecule has 0 aromatic carbocycles. The second kappa shape index (κ2) is 8.03. The average Bonchev–Trinajstić information content (AvgIpc) is 2.34. The zero-order chi connectivity index (χ0) is 12.6. The van der Waals surface area contributed by atoms with E-state index in [0.29, 0.717) is 0 Å². The van der Waals surface area contributed by atoms with Crippen LogP contribution >= 0.6 is 0 Å². The van der Waals surface area contributed by atoms with E-state index in [-0.39, 0.29) is 5.60 Å². The first-order chi connectivity index (χ1) is 8.20. The molecule has 0 bridgehead atoms. The summed E-state index contributed by atoms with van der Waals surface area (Å²) in [6, 6.07) is 0. The predicted molar refractivity (Wildman–Crippen MR) is 70.5 cm³/mol. The Labute approximate surface area is 106 Å². The van der Waals surface area contributed by atoms with Gasteiger partial charge in [0.1, 0.15) is 0 Å². The summed E-state index contributed by atoms with van der Waals surface area (Å²) in [5.41, 5.74) is 0.0712. The highest BCUT2D eigenvalue weighted by Crippen LogP contribution is 2.23. The summed E-state index contributed by atoms with van der Waals surface area (Å²) in [6.45, 7) is 8.49.